The number of hydrogen-bond donors (Lipinski definition) is 2. The Morgan fingerprint density at radius 3 is 2.48 bits per heavy atom. The summed E-state index contributed by atoms with van der Waals surface area (Å²) >= 11 is 9.25. The van der Waals surface area contributed by atoms with Crippen LogP contribution >= 0.6 is 27.5 Å². The summed E-state index contributed by atoms with van der Waals surface area (Å²) in [5.41, 5.74) is 3.41. The number of nitrogens with zero attached hydrogens (tertiary/aromatic N) is 1. The van der Waals surface area contributed by atoms with Crippen LogP contribution in [0.1, 0.15) is 36.8 Å². The van der Waals surface area contributed by atoms with Crippen molar-refractivity contribution < 1.29 is 14.7 Å². The van der Waals surface area contributed by atoms with Gasteiger partial charge in [0.25, 0.3) is 5.91 Å². The third kappa shape index (κ3) is 4.60. The number of carbonyl (C=O) groups is 2. The van der Waals surface area contributed by atoms with Crippen molar-refractivity contribution in [1.82, 2.24) is 5.43 Å². The number of carbonyl (C=O) groups excluding carboxylic acids is 1. The molecule has 1 amide bonds. The van der Waals surface area contributed by atoms with Gasteiger partial charge in [0, 0.05) is 15.4 Å². The number of halogens is 2. The Morgan fingerprint density at radius 2 is 1.86 bits per heavy atom. The zero-order chi connectivity index (χ0) is 21.0. The number of carboxylic acid groups (broad SMARTS) is 1. The van der Waals surface area contributed by atoms with E-state index in [1.54, 1.807) is 24.3 Å². The van der Waals surface area contributed by atoms with Crippen LogP contribution in [0.4, 0.5) is 0 Å². The first kappa shape index (κ1) is 21.3. The van der Waals surface area contributed by atoms with Gasteiger partial charge in [-0.25, -0.2) is 5.43 Å². The van der Waals surface area contributed by atoms with Gasteiger partial charge in [-0.05, 0) is 55.2 Å². The Kier molecular flexibility index (Phi) is 6.55. The lowest BCUT2D eigenvalue weighted by molar-refractivity contribution is -0.158. The maximum Gasteiger partial charge on any atom is 0.320 e. The van der Waals surface area contributed by atoms with Crippen LogP contribution in [-0.2, 0) is 9.59 Å². The fourth-order valence-corrected chi connectivity index (χ4v) is 3.94. The van der Waals surface area contributed by atoms with Crippen LogP contribution in [-0.4, -0.2) is 23.2 Å². The lowest BCUT2D eigenvalue weighted by Gasteiger charge is -2.38. The molecule has 0 saturated carbocycles. The average Bonchev–Trinajstić information content (AvgIpc) is 2.70. The van der Waals surface area contributed by atoms with E-state index in [0.717, 1.165) is 21.2 Å². The molecule has 7 heteroatoms. The Labute approximate surface area is 182 Å². The van der Waals surface area contributed by atoms with Crippen molar-refractivity contribution in [1.29, 1.82) is 0 Å². The molecule has 0 spiro atoms. The molecule has 2 aromatic carbocycles. The summed E-state index contributed by atoms with van der Waals surface area (Å²) in [4.78, 5) is 25.5. The highest BCUT2D eigenvalue weighted by molar-refractivity contribution is 9.10. The summed E-state index contributed by atoms with van der Waals surface area (Å²) in [7, 11) is 0. The van der Waals surface area contributed by atoms with Crippen molar-refractivity contribution in [3.8, 4) is 0 Å². The molecule has 1 aliphatic carbocycles. The first-order chi connectivity index (χ1) is 13.8. The van der Waals surface area contributed by atoms with Crippen molar-refractivity contribution in [2.45, 2.75) is 25.7 Å². The number of nitrogens with one attached hydrogen (secondary N) is 1. The third-order valence-corrected chi connectivity index (χ3v) is 5.98. The largest absolute Gasteiger partial charge is 0.480 e. The monoisotopic (exact) mass is 474 g/mol. The second-order valence-corrected chi connectivity index (χ2v) is 8.44. The molecular weight excluding hydrogens is 456 g/mol. The van der Waals surface area contributed by atoms with Gasteiger partial charge in [-0.2, -0.15) is 5.10 Å². The first-order valence-corrected chi connectivity index (χ1v) is 10.2. The van der Waals surface area contributed by atoms with E-state index in [1.165, 1.54) is 6.21 Å². The highest BCUT2D eigenvalue weighted by Crippen LogP contribution is 2.47. The zero-order valence-corrected chi connectivity index (χ0v) is 18.1. The molecule has 0 aromatic heterocycles. The second-order valence-electron chi connectivity index (χ2n) is 7.09. The summed E-state index contributed by atoms with van der Waals surface area (Å²) < 4.78 is 0.891. The molecule has 0 radical (unpaired) electrons. The van der Waals surface area contributed by atoms with Gasteiger partial charge in [0.2, 0.25) is 0 Å². The van der Waals surface area contributed by atoms with Crippen LogP contribution in [0, 0.1) is 5.41 Å². The second kappa shape index (κ2) is 8.93. The molecule has 150 valence electrons. The number of hydrazone groups is 1. The molecule has 3 rings (SSSR count). The standard InChI is InChI=1S/C22H20BrClN2O3/c1-14-10-11-22(21(28)29,19(12-14)16-4-6-17(23)7-5-16)20(27)26-25-13-15-2-8-18(24)9-3-15/h2-10,13,19H,11-12H2,1H3,(H,26,27)(H,28,29)/b25-13-/t19-,22+/m1/s1. The number of aliphatic carboxylic acids is 1. The highest BCUT2D eigenvalue weighted by Gasteiger charge is 2.53. The van der Waals surface area contributed by atoms with E-state index in [1.807, 2.05) is 37.3 Å². The summed E-state index contributed by atoms with van der Waals surface area (Å²) in [6.07, 6.45) is 3.88. The maximum atomic E-state index is 13.1. The fourth-order valence-electron chi connectivity index (χ4n) is 3.55. The number of benzene rings is 2. The molecular formula is C22H20BrClN2O3. The summed E-state index contributed by atoms with van der Waals surface area (Å²) in [5.74, 6) is -2.29. The van der Waals surface area contributed by atoms with Crippen LogP contribution in [0.15, 0.2) is 69.8 Å². The molecule has 5 nitrogen and oxygen atoms in total. The number of allylic oxidation sites excluding steroid dienone is 2. The predicted octanol–water partition coefficient (Wildman–Crippen LogP) is 5.15. The predicted molar refractivity (Wildman–Crippen MR) is 117 cm³/mol. The van der Waals surface area contributed by atoms with E-state index in [0.29, 0.717) is 11.4 Å². The molecule has 0 unspecified atom stereocenters. The van der Waals surface area contributed by atoms with Gasteiger partial charge in [-0.1, -0.05) is 63.4 Å². The van der Waals surface area contributed by atoms with Gasteiger partial charge in [0.15, 0.2) is 5.41 Å². The molecule has 0 heterocycles. The lowest BCUT2D eigenvalue weighted by Crippen LogP contribution is -2.50. The van der Waals surface area contributed by atoms with E-state index in [9.17, 15) is 14.7 Å². The Balaban J connectivity index is 1.91. The smallest absolute Gasteiger partial charge is 0.320 e. The van der Waals surface area contributed by atoms with Crippen LogP contribution in [0.25, 0.3) is 0 Å². The minimum Gasteiger partial charge on any atom is -0.480 e. The molecule has 2 atom stereocenters. The minimum absolute atomic E-state index is 0.108. The van der Waals surface area contributed by atoms with Crippen LogP contribution in [0.3, 0.4) is 0 Å². The minimum atomic E-state index is -1.63. The number of carboxylic acids is 1. The topological polar surface area (TPSA) is 78.8 Å². The zero-order valence-electron chi connectivity index (χ0n) is 15.7. The van der Waals surface area contributed by atoms with Gasteiger partial charge in [-0.3, -0.25) is 9.59 Å². The van der Waals surface area contributed by atoms with Gasteiger partial charge in [0.1, 0.15) is 0 Å². The quantitative estimate of drug-likeness (QED) is 0.272. The van der Waals surface area contributed by atoms with Gasteiger partial charge in [-0.15, -0.1) is 0 Å². The Hall–Kier alpha value is -2.44. The molecule has 0 fully saturated rings. The van der Waals surface area contributed by atoms with Crippen molar-refractivity contribution in [2.75, 3.05) is 0 Å². The number of amides is 1. The molecule has 0 aliphatic heterocycles. The highest BCUT2D eigenvalue weighted by atomic mass is 79.9. The van der Waals surface area contributed by atoms with Gasteiger partial charge >= 0.3 is 5.97 Å². The normalized spacial score (nSPS) is 21.6. The summed E-state index contributed by atoms with van der Waals surface area (Å²) in [6, 6.07) is 14.3. The van der Waals surface area contributed by atoms with Gasteiger partial charge in [0.05, 0.1) is 6.21 Å². The lowest BCUT2D eigenvalue weighted by atomic mass is 9.64. The van der Waals surface area contributed by atoms with E-state index in [4.69, 9.17) is 11.6 Å². The summed E-state index contributed by atoms with van der Waals surface area (Å²) in [5, 5.41) is 14.7. The molecule has 0 saturated heterocycles. The van der Waals surface area contributed by atoms with E-state index in [-0.39, 0.29) is 6.42 Å². The van der Waals surface area contributed by atoms with Crippen molar-refractivity contribution >= 4 is 45.6 Å². The Morgan fingerprint density at radius 1 is 1.21 bits per heavy atom. The van der Waals surface area contributed by atoms with Crippen LogP contribution < -0.4 is 5.43 Å². The fraction of sp³-hybridized carbons (Fsp3) is 0.227. The molecule has 2 aromatic rings. The third-order valence-electron chi connectivity index (χ3n) is 5.20. The summed E-state index contributed by atoms with van der Waals surface area (Å²) in [6.45, 7) is 1.95. The molecule has 29 heavy (non-hydrogen) atoms. The van der Waals surface area contributed by atoms with Crippen molar-refractivity contribution in [2.24, 2.45) is 10.5 Å². The SMILES string of the molecule is CC1=CC[C@@](C(=O)O)(C(=O)N/N=C\c2ccc(Cl)cc2)[C@@H](c2ccc(Br)cc2)C1. The maximum absolute atomic E-state index is 13.1. The van der Waals surface area contributed by atoms with Crippen molar-refractivity contribution in [3.05, 3.63) is 80.8 Å². The van der Waals surface area contributed by atoms with Crippen molar-refractivity contribution in [3.63, 3.8) is 0 Å². The van der Waals surface area contributed by atoms with E-state index < -0.39 is 23.2 Å². The number of rotatable bonds is 5. The first-order valence-electron chi connectivity index (χ1n) is 9.06. The van der Waals surface area contributed by atoms with E-state index in [2.05, 4.69) is 26.5 Å². The Bertz CT molecular complexity index is 971. The number of hydrogen-bond acceptors (Lipinski definition) is 3. The van der Waals surface area contributed by atoms with Crippen LogP contribution in [0.5, 0.6) is 0 Å². The molecule has 2 N–H and O–H groups in total. The molecule has 0 bridgehead atoms. The van der Waals surface area contributed by atoms with E-state index >= 15 is 0 Å². The average molecular weight is 476 g/mol. The van der Waals surface area contributed by atoms with Gasteiger partial charge < -0.3 is 5.11 Å². The molecule has 1 aliphatic rings. The van der Waals surface area contributed by atoms with Crippen LogP contribution in [0.2, 0.25) is 5.02 Å².